The number of para-hydroxylation sites is 1. The first-order valence-corrected chi connectivity index (χ1v) is 5.01. The maximum absolute atomic E-state index is 11.6. The van der Waals surface area contributed by atoms with Gasteiger partial charge in [-0.05, 0) is 11.6 Å². The van der Waals surface area contributed by atoms with E-state index in [1.165, 1.54) is 0 Å². The molecular weight excluding hydrogens is 208 g/mol. The third-order valence-electron chi connectivity index (χ3n) is 2.50. The molecule has 1 aromatic carbocycles. The lowest BCUT2D eigenvalue weighted by molar-refractivity contribution is -0.138. The number of fused-ring (bicyclic) bond motifs is 1. The summed E-state index contributed by atoms with van der Waals surface area (Å²) in [6, 6.07) is 7.30. The Balaban J connectivity index is 1.96. The number of anilines is 1. The number of carbonyl (C=O) groups is 2. The minimum absolute atomic E-state index is 0.279. The monoisotopic (exact) mass is 220 g/mol. The molecule has 0 spiro atoms. The number of hydrogen-bond donors (Lipinski definition) is 3. The van der Waals surface area contributed by atoms with Crippen LogP contribution in [-0.4, -0.2) is 29.6 Å². The van der Waals surface area contributed by atoms with Crippen LogP contribution >= 0.6 is 0 Å². The molecule has 1 atom stereocenters. The molecule has 0 saturated carbocycles. The normalized spacial score (nSPS) is 17.4. The van der Waals surface area contributed by atoms with Gasteiger partial charge in [0.05, 0.1) is 0 Å². The highest BCUT2D eigenvalue weighted by Crippen LogP contribution is 2.24. The number of carboxylic acid groups (broad SMARTS) is 1. The van der Waals surface area contributed by atoms with Crippen molar-refractivity contribution in [1.29, 1.82) is 0 Å². The molecule has 0 aromatic heterocycles. The zero-order chi connectivity index (χ0) is 11.5. The van der Waals surface area contributed by atoms with Gasteiger partial charge in [-0.25, -0.2) is 0 Å². The number of nitrogens with one attached hydrogen (secondary N) is 2. The fourth-order valence-corrected chi connectivity index (χ4v) is 1.74. The molecule has 1 amide bonds. The summed E-state index contributed by atoms with van der Waals surface area (Å²) in [5.41, 5.74) is 2.02. The molecule has 0 radical (unpaired) electrons. The first kappa shape index (κ1) is 10.5. The molecule has 5 nitrogen and oxygen atoms in total. The van der Waals surface area contributed by atoms with E-state index >= 15 is 0 Å². The van der Waals surface area contributed by atoms with Crippen LogP contribution in [0.2, 0.25) is 0 Å². The fourth-order valence-electron chi connectivity index (χ4n) is 1.74. The second-order valence-corrected chi connectivity index (χ2v) is 3.67. The molecule has 84 valence electrons. The minimum Gasteiger partial charge on any atom is -0.480 e. The summed E-state index contributed by atoms with van der Waals surface area (Å²) in [6.45, 7) is -0.340. The molecule has 1 aliphatic rings. The van der Waals surface area contributed by atoms with Gasteiger partial charge in [0.2, 0.25) is 5.91 Å². The lowest BCUT2D eigenvalue weighted by Gasteiger charge is -2.10. The third kappa shape index (κ3) is 2.13. The molecule has 3 N–H and O–H groups in total. The predicted octanol–water partition coefficient (Wildman–Crippen LogP) is 0.224. The zero-order valence-electron chi connectivity index (χ0n) is 8.56. The maximum atomic E-state index is 11.6. The highest BCUT2D eigenvalue weighted by Gasteiger charge is 2.26. The summed E-state index contributed by atoms with van der Waals surface area (Å²) in [6.07, 6.45) is 0.599. The fraction of sp³-hybridized carbons (Fsp3) is 0.273. The van der Waals surface area contributed by atoms with Gasteiger partial charge in [0, 0.05) is 12.1 Å². The Bertz CT molecular complexity index is 406. The van der Waals surface area contributed by atoms with Gasteiger partial charge in [-0.1, -0.05) is 18.2 Å². The average molecular weight is 220 g/mol. The zero-order valence-corrected chi connectivity index (χ0v) is 8.56. The Morgan fingerprint density at radius 1 is 1.44 bits per heavy atom. The van der Waals surface area contributed by atoms with Crippen LogP contribution < -0.4 is 10.6 Å². The molecule has 0 bridgehead atoms. The lowest BCUT2D eigenvalue weighted by Crippen LogP contribution is -2.40. The summed E-state index contributed by atoms with van der Waals surface area (Å²) in [5.74, 6) is -1.32. The molecule has 2 rings (SSSR count). The second kappa shape index (κ2) is 4.22. The Morgan fingerprint density at radius 3 is 2.88 bits per heavy atom. The number of aliphatic carboxylic acids is 1. The van der Waals surface area contributed by atoms with E-state index in [2.05, 4.69) is 10.6 Å². The summed E-state index contributed by atoms with van der Waals surface area (Å²) in [7, 11) is 0. The molecule has 0 saturated heterocycles. The van der Waals surface area contributed by atoms with E-state index in [0.29, 0.717) is 6.42 Å². The van der Waals surface area contributed by atoms with Crippen LogP contribution in [0.3, 0.4) is 0 Å². The van der Waals surface area contributed by atoms with Crippen molar-refractivity contribution in [2.75, 3.05) is 11.9 Å². The average Bonchev–Trinajstić information content (AvgIpc) is 2.69. The number of carbonyl (C=O) groups excluding carboxylic acids is 1. The standard InChI is InChI=1S/C11H12N2O3/c14-10(15)6-12-11(16)9-5-7-3-1-2-4-8(7)13-9/h1-4,9,13H,5-6H2,(H,12,16)(H,14,15). The van der Waals surface area contributed by atoms with Crippen LogP contribution in [0.15, 0.2) is 24.3 Å². The van der Waals surface area contributed by atoms with Crippen molar-refractivity contribution in [3.8, 4) is 0 Å². The van der Waals surface area contributed by atoms with Crippen LogP contribution in [0.25, 0.3) is 0 Å². The number of carboxylic acids is 1. The minimum atomic E-state index is -1.04. The molecule has 5 heteroatoms. The van der Waals surface area contributed by atoms with E-state index in [9.17, 15) is 9.59 Å². The van der Waals surface area contributed by atoms with Crippen LogP contribution in [-0.2, 0) is 16.0 Å². The van der Waals surface area contributed by atoms with E-state index in [4.69, 9.17) is 5.11 Å². The largest absolute Gasteiger partial charge is 0.480 e. The maximum Gasteiger partial charge on any atom is 0.322 e. The molecule has 1 heterocycles. The Labute approximate surface area is 92.5 Å². The topological polar surface area (TPSA) is 78.4 Å². The first-order chi connectivity index (χ1) is 7.66. The molecule has 1 aromatic rings. The van der Waals surface area contributed by atoms with Gasteiger partial charge >= 0.3 is 5.97 Å². The van der Waals surface area contributed by atoms with Crippen LogP contribution in [0, 0.1) is 0 Å². The number of hydrogen-bond acceptors (Lipinski definition) is 3. The van der Waals surface area contributed by atoms with Crippen LogP contribution in [0.1, 0.15) is 5.56 Å². The summed E-state index contributed by atoms with van der Waals surface area (Å²) < 4.78 is 0. The summed E-state index contributed by atoms with van der Waals surface area (Å²) in [5, 5.41) is 13.9. The van der Waals surface area contributed by atoms with Crippen LogP contribution in [0.5, 0.6) is 0 Å². The van der Waals surface area contributed by atoms with Gasteiger partial charge in [0.15, 0.2) is 0 Å². The van der Waals surface area contributed by atoms with Gasteiger partial charge in [0.25, 0.3) is 0 Å². The highest BCUT2D eigenvalue weighted by atomic mass is 16.4. The first-order valence-electron chi connectivity index (χ1n) is 5.01. The Morgan fingerprint density at radius 2 is 2.19 bits per heavy atom. The van der Waals surface area contributed by atoms with Crippen molar-refractivity contribution in [2.45, 2.75) is 12.5 Å². The lowest BCUT2D eigenvalue weighted by atomic mass is 10.1. The van der Waals surface area contributed by atoms with E-state index in [0.717, 1.165) is 11.3 Å². The van der Waals surface area contributed by atoms with Gasteiger partial charge < -0.3 is 15.7 Å². The van der Waals surface area contributed by atoms with Gasteiger partial charge in [-0.3, -0.25) is 9.59 Å². The van der Waals surface area contributed by atoms with E-state index in [1.54, 1.807) is 0 Å². The third-order valence-corrected chi connectivity index (χ3v) is 2.50. The van der Waals surface area contributed by atoms with Crippen LogP contribution in [0.4, 0.5) is 5.69 Å². The van der Waals surface area contributed by atoms with E-state index in [1.807, 2.05) is 24.3 Å². The molecule has 1 unspecified atom stereocenters. The van der Waals surface area contributed by atoms with E-state index in [-0.39, 0.29) is 18.5 Å². The molecule has 16 heavy (non-hydrogen) atoms. The number of benzene rings is 1. The Kier molecular flexibility index (Phi) is 2.76. The number of rotatable bonds is 3. The smallest absolute Gasteiger partial charge is 0.322 e. The van der Waals surface area contributed by atoms with Crippen molar-refractivity contribution < 1.29 is 14.7 Å². The molecular formula is C11H12N2O3. The highest BCUT2D eigenvalue weighted by molar-refractivity contribution is 5.89. The van der Waals surface area contributed by atoms with Crippen molar-refractivity contribution in [2.24, 2.45) is 0 Å². The van der Waals surface area contributed by atoms with E-state index < -0.39 is 5.97 Å². The molecule has 0 fully saturated rings. The number of amides is 1. The van der Waals surface area contributed by atoms with Gasteiger partial charge in [-0.15, -0.1) is 0 Å². The second-order valence-electron chi connectivity index (χ2n) is 3.67. The van der Waals surface area contributed by atoms with Gasteiger partial charge in [0.1, 0.15) is 12.6 Å². The summed E-state index contributed by atoms with van der Waals surface area (Å²) in [4.78, 5) is 21.9. The molecule has 1 aliphatic heterocycles. The Hall–Kier alpha value is -2.04. The van der Waals surface area contributed by atoms with Crippen molar-refractivity contribution in [3.05, 3.63) is 29.8 Å². The SMILES string of the molecule is O=C(O)CNC(=O)C1Cc2ccccc2N1. The summed E-state index contributed by atoms with van der Waals surface area (Å²) >= 11 is 0. The van der Waals surface area contributed by atoms with Gasteiger partial charge in [-0.2, -0.15) is 0 Å². The van der Waals surface area contributed by atoms with Crippen molar-refractivity contribution in [1.82, 2.24) is 5.32 Å². The van der Waals surface area contributed by atoms with Crippen molar-refractivity contribution in [3.63, 3.8) is 0 Å². The quantitative estimate of drug-likeness (QED) is 0.681. The van der Waals surface area contributed by atoms with Crippen molar-refractivity contribution >= 4 is 17.6 Å². The molecule has 0 aliphatic carbocycles. The predicted molar refractivity (Wildman–Crippen MR) is 58.2 cm³/mol.